The normalized spacial score (nSPS) is 12.5. The molecular formula is C31H38ClN3O4S. The number of nitrogens with one attached hydrogen (secondary N) is 1. The maximum absolute atomic E-state index is 14.1. The lowest BCUT2D eigenvalue weighted by atomic mass is 10.0. The minimum atomic E-state index is -3.85. The molecule has 0 radical (unpaired) electrons. The Labute approximate surface area is 243 Å². The lowest BCUT2D eigenvalue weighted by Crippen LogP contribution is -2.56. The Balaban J connectivity index is 2.09. The number of benzene rings is 3. The van der Waals surface area contributed by atoms with E-state index < -0.39 is 34.1 Å². The van der Waals surface area contributed by atoms with Gasteiger partial charge in [-0.05, 0) is 69.5 Å². The van der Waals surface area contributed by atoms with Gasteiger partial charge in [0.1, 0.15) is 12.6 Å². The number of sulfonamides is 1. The molecule has 0 aromatic heterocycles. The smallest absolute Gasteiger partial charge is 0.244 e. The van der Waals surface area contributed by atoms with Gasteiger partial charge in [-0.3, -0.25) is 13.9 Å². The molecule has 0 saturated carbocycles. The number of hydrogen-bond acceptors (Lipinski definition) is 4. The van der Waals surface area contributed by atoms with Crippen molar-refractivity contribution in [2.24, 2.45) is 0 Å². The fraction of sp³-hybridized carbons (Fsp3) is 0.355. The molecule has 3 rings (SSSR count). The summed E-state index contributed by atoms with van der Waals surface area (Å²) in [4.78, 5) is 29.4. The standard InChI is InChI=1S/C31H38ClN3O4S/c1-22-12-14-25(15-13-22)20-34(28(30(37)33-31(3,4)5)19-24-10-8-7-9-11-24)29(36)21-35(40(6,38)39)27-17-16-26(32)18-23(27)2/h7-18,28H,19-21H2,1-6H3,(H,33,37). The van der Waals surface area contributed by atoms with Gasteiger partial charge in [-0.1, -0.05) is 71.8 Å². The van der Waals surface area contributed by atoms with Crippen molar-refractivity contribution in [2.75, 3.05) is 17.1 Å². The van der Waals surface area contributed by atoms with Crippen LogP contribution in [-0.2, 0) is 32.6 Å². The molecule has 3 aromatic carbocycles. The number of amides is 2. The first kappa shape index (κ1) is 31.2. The highest BCUT2D eigenvalue weighted by atomic mass is 35.5. The lowest BCUT2D eigenvalue weighted by molar-refractivity contribution is -0.140. The number of aryl methyl sites for hydroxylation is 2. The Morgan fingerprint density at radius 2 is 1.55 bits per heavy atom. The second-order valence-electron chi connectivity index (χ2n) is 11.2. The summed E-state index contributed by atoms with van der Waals surface area (Å²) in [5, 5.41) is 3.48. The van der Waals surface area contributed by atoms with Crippen molar-refractivity contribution >= 4 is 39.1 Å². The van der Waals surface area contributed by atoms with Crippen LogP contribution >= 0.6 is 11.6 Å². The van der Waals surface area contributed by atoms with Gasteiger partial charge in [0.15, 0.2) is 0 Å². The maximum atomic E-state index is 14.1. The molecule has 0 aliphatic rings. The maximum Gasteiger partial charge on any atom is 0.244 e. The summed E-state index contributed by atoms with van der Waals surface area (Å²) in [5.41, 5.74) is 3.20. The highest BCUT2D eigenvalue weighted by Crippen LogP contribution is 2.26. The SMILES string of the molecule is Cc1ccc(CN(C(=O)CN(c2ccc(Cl)cc2C)S(C)(=O)=O)C(Cc2ccccc2)C(=O)NC(C)(C)C)cc1. The van der Waals surface area contributed by atoms with Crippen molar-refractivity contribution in [2.45, 2.75) is 59.2 Å². The highest BCUT2D eigenvalue weighted by molar-refractivity contribution is 7.92. The molecule has 0 heterocycles. The van der Waals surface area contributed by atoms with Crippen LogP contribution in [0.2, 0.25) is 5.02 Å². The van der Waals surface area contributed by atoms with Gasteiger partial charge in [0.25, 0.3) is 0 Å². The van der Waals surface area contributed by atoms with E-state index in [1.807, 2.05) is 82.3 Å². The van der Waals surface area contributed by atoms with Crippen molar-refractivity contribution in [3.05, 3.63) is 100 Å². The fourth-order valence-electron chi connectivity index (χ4n) is 4.39. The van der Waals surface area contributed by atoms with Gasteiger partial charge in [-0.25, -0.2) is 8.42 Å². The van der Waals surface area contributed by atoms with Gasteiger partial charge in [-0.15, -0.1) is 0 Å². The van der Waals surface area contributed by atoms with Crippen LogP contribution in [0.15, 0.2) is 72.8 Å². The Bertz CT molecular complexity index is 1440. The number of anilines is 1. The summed E-state index contributed by atoms with van der Waals surface area (Å²) < 4.78 is 27.0. The van der Waals surface area contributed by atoms with Crippen molar-refractivity contribution in [1.29, 1.82) is 0 Å². The van der Waals surface area contributed by atoms with Crippen LogP contribution in [0, 0.1) is 13.8 Å². The van der Waals surface area contributed by atoms with Crippen molar-refractivity contribution in [3.63, 3.8) is 0 Å². The topological polar surface area (TPSA) is 86.8 Å². The first-order chi connectivity index (χ1) is 18.6. The van der Waals surface area contributed by atoms with Crippen LogP contribution in [0.1, 0.15) is 43.0 Å². The molecule has 0 aliphatic heterocycles. The molecule has 0 fully saturated rings. The predicted molar refractivity (Wildman–Crippen MR) is 162 cm³/mol. The molecule has 2 amide bonds. The number of nitrogens with zero attached hydrogens (tertiary/aromatic N) is 2. The molecule has 214 valence electrons. The quantitative estimate of drug-likeness (QED) is 0.352. The Morgan fingerprint density at radius 3 is 2.10 bits per heavy atom. The molecule has 0 bridgehead atoms. The van der Waals surface area contributed by atoms with E-state index in [0.29, 0.717) is 16.3 Å². The van der Waals surface area contributed by atoms with Crippen LogP contribution in [0.3, 0.4) is 0 Å². The number of rotatable bonds is 10. The molecule has 0 aliphatic carbocycles. The molecule has 0 saturated heterocycles. The molecule has 3 aromatic rings. The Hall–Kier alpha value is -3.36. The average molecular weight is 584 g/mol. The minimum absolute atomic E-state index is 0.130. The Kier molecular flexibility index (Phi) is 10.0. The summed E-state index contributed by atoms with van der Waals surface area (Å²) in [6, 6.07) is 21.1. The third-order valence-corrected chi connectivity index (χ3v) is 7.71. The zero-order chi connectivity index (χ0) is 29.7. The molecule has 40 heavy (non-hydrogen) atoms. The van der Waals surface area contributed by atoms with E-state index in [4.69, 9.17) is 11.6 Å². The van der Waals surface area contributed by atoms with Crippen LogP contribution in [0.25, 0.3) is 0 Å². The van der Waals surface area contributed by atoms with Gasteiger partial charge in [-0.2, -0.15) is 0 Å². The van der Waals surface area contributed by atoms with Crippen LogP contribution < -0.4 is 9.62 Å². The fourth-order valence-corrected chi connectivity index (χ4v) is 5.52. The number of hydrogen-bond donors (Lipinski definition) is 1. The lowest BCUT2D eigenvalue weighted by Gasteiger charge is -2.35. The molecule has 9 heteroatoms. The molecule has 1 unspecified atom stereocenters. The summed E-state index contributed by atoms with van der Waals surface area (Å²) in [7, 11) is -3.85. The van der Waals surface area contributed by atoms with Gasteiger partial charge in [0.2, 0.25) is 21.8 Å². The first-order valence-corrected chi connectivity index (χ1v) is 15.3. The number of carbonyl (C=O) groups excluding carboxylic acids is 2. The summed E-state index contributed by atoms with van der Waals surface area (Å²) >= 11 is 6.11. The summed E-state index contributed by atoms with van der Waals surface area (Å²) in [6.45, 7) is 9.01. The van der Waals surface area contributed by atoms with E-state index >= 15 is 0 Å². The minimum Gasteiger partial charge on any atom is -0.350 e. The second kappa shape index (κ2) is 12.9. The molecule has 0 spiro atoms. The Morgan fingerprint density at radius 1 is 0.925 bits per heavy atom. The van der Waals surface area contributed by atoms with Crippen LogP contribution in [0.4, 0.5) is 5.69 Å². The molecule has 7 nitrogen and oxygen atoms in total. The zero-order valence-electron chi connectivity index (χ0n) is 23.9. The van der Waals surface area contributed by atoms with E-state index in [9.17, 15) is 18.0 Å². The van der Waals surface area contributed by atoms with Crippen molar-refractivity contribution in [1.82, 2.24) is 10.2 Å². The van der Waals surface area contributed by atoms with E-state index in [0.717, 1.165) is 27.3 Å². The average Bonchev–Trinajstić information content (AvgIpc) is 2.85. The third-order valence-electron chi connectivity index (χ3n) is 6.35. The van der Waals surface area contributed by atoms with Gasteiger partial charge in [0.05, 0.1) is 11.9 Å². The monoisotopic (exact) mass is 583 g/mol. The molecular weight excluding hydrogens is 546 g/mol. The molecule has 1 N–H and O–H groups in total. The second-order valence-corrected chi connectivity index (χ2v) is 13.5. The van der Waals surface area contributed by atoms with Crippen molar-refractivity contribution < 1.29 is 18.0 Å². The predicted octanol–water partition coefficient (Wildman–Crippen LogP) is 5.28. The third kappa shape index (κ3) is 8.83. The zero-order valence-corrected chi connectivity index (χ0v) is 25.5. The summed E-state index contributed by atoms with van der Waals surface area (Å²) in [5.74, 6) is -0.810. The largest absolute Gasteiger partial charge is 0.350 e. The van der Waals surface area contributed by atoms with Crippen molar-refractivity contribution in [3.8, 4) is 0 Å². The van der Waals surface area contributed by atoms with E-state index in [1.165, 1.54) is 4.90 Å². The van der Waals surface area contributed by atoms with Gasteiger partial charge in [0, 0.05) is 23.5 Å². The van der Waals surface area contributed by atoms with Crippen LogP contribution in [-0.4, -0.2) is 49.5 Å². The number of halogens is 1. The van der Waals surface area contributed by atoms with E-state index in [1.54, 1.807) is 25.1 Å². The summed E-state index contributed by atoms with van der Waals surface area (Å²) in [6.07, 6.45) is 1.33. The molecule has 1 atom stereocenters. The highest BCUT2D eigenvalue weighted by Gasteiger charge is 2.34. The number of carbonyl (C=O) groups is 2. The van der Waals surface area contributed by atoms with Gasteiger partial charge < -0.3 is 10.2 Å². The van der Waals surface area contributed by atoms with E-state index in [-0.39, 0.29) is 18.9 Å². The van der Waals surface area contributed by atoms with E-state index in [2.05, 4.69) is 5.32 Å². The first-order valence-electron chi connectivity index (χ1n) is 13.1. The van der Waals surface area contributed by atoms with Crippen LogP contribution in [0.5, 0.6) is 0 Å². The van der Waals surface area contributed by atoms with Gasteiger partial charge >= 0.3 is 0 Å².